The quantitative estimate of drug-likeness (QED) is 0.162. The second-order valence-electron chi connectivity index (χ2n) is 10.4. The highest BCUT2D eigenvalue weighted by atomic mass is 32.1. The van der Waals surface area contributed by atoms with E-state index in [2.05, 4.69) is 31.8 Å². The number of thiazole rings is 1. The molecule has 3 aromatic carbocycles. The Morgan fingerprint density at radius 2 is 1.74 bits per heavy atom. The molecule has 0 radical (unpaired) electrons. The van der Waals surface area contributed by atoms with E-state index in [4.69, 9.17) is 4.98 Å². The second kappa shape index (κ2) is 8.89. The molecule has 38 heavy (non-hydrogen) atoms. The molecule has 2 aromatic heterocycles. The first-order valence-corrected chi connectivity index (χ1v) is 13.2. The number of aliphatic hydroxyl groups is 1. The first-order chi connectivity index (χ1) is 18.2. The first-order valence-electron chi connectivity index (χ1n) is 12.3. The summed E-state index contributed by atoms with van der Waals surface area (Å²) in [6.07, 6.45) is 3.24. The van der Waals surface area contributed by atoms with Gasteiger partial charge in [-0.1, -0.05) is 80.6 Å². The van der Waals surface area contributed by atoms with Crippen LogP contribution in [0.2, 0.25) is 0 Å². The number of fused-ring (bicyclic) bond motifs is 2. The third-order valence-electron chi connectivity index (χ3n) is 6.92. The van der Waals surface area contributed by atoms with Gasteiger partial charge in [-0.3, -0.25) is 19.5 Å². The van der Waals surface area contributed by atoms with Crippen LogP contribution in [-0.4, -0.2) is 26.8 Å². The van der Waals surface area contributed by atoms with Gasteiger partial charge in [0.05, 0.1) is 21.8 Å². The van der Waals surface area contributed by atoms with Crippen LogP contribution in [0.1, 0.15) is 43.5 Å². The summed E-state index contributed by atoms with van der Waals surface area (Å²) in [6.45, 7) is 6.43. The monoisotopic (exact) mass is 519 g/mol. The fourth-order valence-electron chi connectivity index (χ4n) is 4.86. The van der Waals surface area contributed by atoms with Crippen molar-refractivity contribution < 1.29 is 14.7 Å². The zero-order valence-electron chi connectivity index (χ0n) is 21.2. The Morgan fingerprint density at radius 3 is 2.47 bits per heavy atom. The summed E-state index contributed by atoms with van der Waals surface area (Å²) in [6, 6.07) is 22.0. The maximum atomic E-state index is 13.5. The highest BCUT2D eigenvalue weighted by Gasteiger charge is 2.48. The molecule has 0 aliphatic carbocycles. The van der Waals surface area contributed by atoms with Crippen LogP contribution >= 0.6 is 11.3 Å². The number of anilines is 1. The number of rotatable bonds is 3. The van der Waals surface area contributed by atoms with E-state index in [-0.39, 0.29) is 16.7 Å². The lowest BCUT2D eigenvalue weighted by Gasteiger charge is -2.22. The van der Waals surface area contributed by atoms with Gasteiger partial charge in [-0.2, -0.15) is 0 Å². The number of carbonyl (C=O) groups excluding carboxylic acids is 2. The van der Waals surface area contributed by atoms with Crippen molar-refractivity contribution in [2.24, 2.45) is 0 Å². The summed E-state index contributed by atoms with van der Waals surface area (Å²) in [5, 5.41) is 13.8. The molecule has 7 heteroatoms. The van der Waals surface area contributed by atoms with E-state index in [1.54, 1.807) is 30.6 Å². The van der Waals surface area contributed by atoms with Crippen molar-refractivity contribution in [3.05, 3.63) is 107 Å². The topological polar surface area (TPSA) is 83.4 Å². The number of Topliss-reactive ketones (excluding diaryl/α,β-unsaturated/α-hetero) is 1. The number of amides is 1. The Hall–Kier alpha value is -4.36. The lowest BCUT2D eigenvalue weighted by Crippen LogP contribution is -2.29. The van der Waals surface area contributed by atoms with E-state index in [9.17, 15) is 14.7 Å². The Kier molecular flexibility index (Phi) is 5.61. The van der Waals surface area contributed by atoms with Gasteiger partial charge < -0.3 is 5.11 Å². The van der Waals surface area contributed by atoms with Crippen molar-refractivity contribution in [3.63, 3.8) is 0 Å². The SMILES string of the molecule is CC(C)(C)c1ccc2nc(N3C(=O)C(=O)/C(=C(/O)c4ccc5ccccc5c4)C3c3cccnc3)sc2c1. The number of hydrogen-bond donors (Lipinski definition) is 1. The van der Waals surface area contributed by atoms with Crippen LogP contribution in [0.15, 0.2) is 90.8 Å². The van der Waals surface area contributed by atoms with E-state index in [1.165, 1.54) is 16.2 Å². The zero-order chi connectivity index (χ0) is 26.6. The van der Waals surface area contributed by atoms with Crippen LogP contribution in [0, 0.1) is 0 Å². The van der Waals surface area contributed by atoms with Gasteiger partial charge in [-0.25, -0.2) is 4.98 Å². The summed E-state index contributed by atoms with van der Waals surface area (Å²) >= 11 is 1.36. The van der Waals surface area contributed by atoms with Crippen LogP contribution in [0.25, 0.3) is 26.7 Å². The fraction of sp³-hybridized carbons (Fsp3) is 0.161. The molecule has 1 atom stereocenters. The predicted molar refractivity (Wildman–Crippen MR) is 151 cm³/mol. The number of aliphatic hydroxyl groups excluding tert-OH is 1. The Bertz CT molecular complexity index is 1770. The van der Waals surface area contributed by atoms with Crippen molar-refractivity contribution >= 4 is 54.9 Å². The molecule has 6 nitrogen and oxygen atoms in total. The highest BCUT2D eigenvalue weighted by Crippen LogP contribution is 2.44. The van der Waals surface area contributed by atoms with Crippen LogP contribution in [-0.2, 0) is 15.0 Å². The van der Waals surface area contributed by atoms with Crippen molar-refractivity contribution in [1.82, 2.24) is 9.97 Å². The molecule has 1 saturated heterocycles. The van der Waals surface area contributed by atoms with Crippen molar-refractivity contribution in [3.8, 4) is 0 Å². The van der Waals surface area contributed by atoms with Crippen molar-refractivity contribution in [2.45, 2.75) is 32.2 Å². The lowest BCUT2D eigenvalue weighted by atomic mass is 9.87. The van der Waals surface area contributed by atoms with Crippen LogP contribution in [0.3, 0.4) is 0 Å². The van der Waals surface area contributed by atoms with E-state index in [0.717, 1.165) is 26.6 Å². The van der Waals surface area contributed by atoms with E-state index in [1.807, 2.05) is 48.5 Å². The third kappa shape index (κ3) is 3.96. The van der Waals surface area contributed by atoms with Crippen molar-refractivity contribution in [2.75, 3.05) is 4.90 Å². The number of hydrogen-bond acceptors (Lipinski definition) is 6. The molecule has 1 N–H and O–H groups in total. The summed E-state index contributed by atoms with van der Waals surface area (Å²) < 4.78 is 0.925. The molecule has 6 rings (SSSR count). The first kappa shape index (κ1) is 24.0. The molecule has 5 aromatic rings. The average Bonchev–Trinajstić information content (AvgIpc) is 3.45. The van der Waals surface area contributed by atoms with Crippen LogP contribution in [0.5, 0.6) is 0 Å². The van der Waals surface area contributed by atoms with Gasteiger partial charge in [0.2, 0.25) is 0 Å². The summed E-state index contributed by atoms with van der Waals surface area (Å²) in [7, 11) is 0. The van der Waals surface area contributed by atoms with Gasteiger partial charge in [0.25, 0.3) is 5.78 Å². The number of carbonyl (C=O) groups is 2. The predicted octanol–water partition coefficient (Wildman–Crippen LogP) is 6.77. The minimum atomic E-state index is -0.863. The highest BCUT2D eigenvalue weighted by molar-refractivity contribution is 7.22. The molecule has 3 heterocycles. The van der Waals surface area contributed by atoms with E-state index < -0.39 is 17.7 Å². The number of aromatic nitrogens is 2. The van der Waals surface area contributed by atoms with Crippen LogP contribution in [0.4, 0.5) is 5.13 Å². The minimum absolute atomic E-state index is 0.0212. The van der Waals surface area contributed by atoms with Crippen molar-refractivity contribution in [1.29, 1.82) is 0 Å². The number of nitrogens with zero attached hydrogens (tertiary/aromatic N) is 3. The lowest BCUT2D eigenvalue weighted by molar-refractivity contribution is -0.132. The van der Waals surface area contributed by atoms with Gasteiger partial charge >= 0.3 is 5.91 Å². The van der Waals surface area contributed by atoms with Gasteiger partial charge in [-0.15, -0.1) is 0 Å². The molecular formula is C31H25N3O3S. The smallest absolute Gasteiger partial charge is 0.301 e. The normalized spacial score (nSPS) is 17.6. The molecule has 1 unspecified atom stereocenters. The maximum Gasteiger partial charge on any atom is 0.301 e. The molecule has 1 aliphatic heterocycles. The van der Waals surface area contributed by atoms with E-state index >= 15 is 0 Å². The van der Waals surface area contributed by atoms with Crippen LogP contribution < -0.4 is 4.90 Å². The fourth-order valence-corrected chi connectivity index (χ4v) is 5.89. The van der Waals surface area contributed by atoms with Gasteiger partial charge in [-0.05, 0) is 51.6 Å². The average molecular weight is 520 g/mol. The number of benzene rings is 3. The molecule has 0 spiro atoms. The number of ketones is 1. The largest absolute Gasteiger partial charge is 0.507 e. The standard InChI is InChI=1S/C31H25N3O3S/c1-31(2,3)22-12-13-23-24(16-22)38-30(33-23)34-26(21-9-6-14-32-17-21)25(28(36)29(34)37)27(35)20-11-10-18-7-4-5-8-19(18)15-20/h4-17,26,35H,1-3H3/b27-25+. The Labute approximate surface area is 223 Å². The zero-order valence-corrected chi connectivity index (χ0v) is 22.0. The molecule has 1 aliphatic rings. The maximum absolute atomic E-state index is 13.5. The van der Waals surface area contributed by atoms with Gasteiger partial charge in [0, 0.05) is 18.0 Å². The second-order valence-corrected chi connectivity index (χ2v) is 11.5. The Balaban J connectivity index is 1.53. The summed E-state index contributed by atoms with van der Waals surface area (Å²) in [5.41, 5.74) is 2.96. The molecule has 1 amide bonds. The minimum Gasteiger partial charge on any atom is -0.507 e. The summed E-state index contributed by atoms with van der Waals surface area (Å²) in [4.78, 5) is 37.4. The molecule has 0 saturated carbocycles. The van der Waals surface area contributed by atoms with Gasteiger partial charge in [0.15, 0.2) is 5.13 Å². The van der Waals surface area contributed by atoms with Gasteiger partial charge in [0.1, 0.15) is 5.76 Å². The molecular weight excluding hydrogens is 494 g/mol. The summed E-state index contributed by atoms with van der Waals surface area (Å²) in [5.74, 6) is -1.70. The Morgan fingerprint density at radius 1 is 0.947 bits per heavy atom. The number of pyridine rings is 1. The van der Waals surface area contributed by atoms with E-state index in [0.29, 0.717) is 16.3 Å². The third-order valence-corrected chi connectivity index (χ3v) is 7.93. The molecule has 0 bridgehead atoms. The molecule has 1 fully saturated rings. The molecule has 188 valence electrons.